The number of carbonyl (C=O) groups excluding carboxylic acids is 1. The van der Waals surface area contributed by atoms with Crippen LogP contribution < -0.4 is 4.90 Å². The van der Waals surface area contributed by atoms with Crippen LogP contribution in [0.25, 0.3) is 0 Å². The number of rotatable bonds is 2. The van der Waals surface area contributed by atoms with E-state index in [-0.39, 0.29) is 5.91 Å². The van der Waals surface area contributed by atoms with Gasteiger partial charge in [-0.25, -0.2) is 0 Å². The van der Waals surface area contributed by atoms with Crippen molar-refractivity contribution in [3.05, 3.63) is 95.6 Å². The van der Waals surface area contributed by atoms with Crippen molar-refractivity contribution in [3.63, 3.8) is 0 Å². The van der Waals surface area contributed by atoms with Gasteiger partial charge in [-0.1, -0.05) is 66.7 Å². The fourth-order valence-electron chi connectivity index (χ4n) is 3.40. The zero-order valence-electron chi connectivity index (χ0n) is 13.7. The Balaban J connectivity index is 1.84. The van der Waals surface area contributed by atoms with Crippen LogP contribution in [-0.4, -0.2) is 5.91 Å². The Labute approximate surface area is 152 Å². The SMILES string of the molecule is O=C([C@@H](Cl)c1ccccc1)N1c2ccccc2CCc2ccccc21. The van der Waals surface area contributed by atoms with E-state index in [4.69, 9.17) is 11.6 Å². The van der Waals surface area contributed by atoms with E-state index in [1.807, 2.05) is 66.7 Å². The first-order chi connectivity index (χ1) is 12.3. The number of carbonyl (C=O) groups is 1. The molecule has 0 aromatic heterocycles. The summed E-state index contributed by atoms with van der Waals surface area (Å²) >= 11 is 6.59. The molecule has 2 nitrogen and oxygen atoms in total. The lowest BCUT2D eigenvalue weighted by Gasteiger charge is -2.27. The third kappa shape index (κ3) is 2.94. The summed E-state index contributed by atoms with van der Waals surface area (Å²) in [6, 6.07) is 25.7. The van der Waals surface area contributed by atoms with E-state index < -0.39 is 5.38 Å². The molecule has 3 aromatic rings. The fraction of sp³-hybridized carbons (Fsp3) is 0.136. The molecule has 1 aliphatic rings. The van der Waals surface area contributed by atoms with E-state index in [2.05, 4.69) is 12.1 Å². The van der Waals surface area contributed by atoms with Crippen LogP contribution in [0.15, 0.2) is 78.9 Å². The van der Waals surface area contributed by atoms with Crippen molar-refractivity contribution in [2.24, 2.45) is 0 Å². The average Bonchev–Trinajstić information content (AvgIpc) is 2.84. The zero-order chi connectivity index (χ0) is 17.2. The van der Waals surface area contributed by atoms with E-state index in [1.54, 1.807) is 4.90 Å². The van der Waals surface area contributed by atoms with Gasteiger partial charge in [-0.3, -0.25) is 9.69 Å². The van der Waals surface area contributed by atoms with Crippen molar-refractivity contribution in [2.45, 2.75) is 18.2 Å². The molecule has 0 saturated carbocycles. The number of aryl methyl sites for hydroxylation is 2. The highest BCUT2D eigenvalue weighted by atomic mass is 35.5. The van der Waals surface area contributed by atoms with Crippen molar-refractivity contribution in [3.8, 4) is 0 Å². The maximum Gasteiger partial charge on any atom is 0.254 e. The van der Waals surface area contributed by atoms with Crippen LogP contribution in [0.3, 0.4) is 0 Å². The van der Waals surface area contributed by atoms with Crippen LogP contribution in [-0.2, 0) is 17.6 Å². The second kappa shape index (κ2) is 6.73. The molecule has 1 atom stereocenters. The molecule has 3 aromatic carbocycles. The second-order valence-electron chi connectivity index (χ2n) is 6.20. The first-order valence-corrected chi connectivity index (χ1v) is 8.88. The summed E-state index contributed by atoms with van der Waals surface area (Å²) in [6.45, 7) is 0. The minimum atomic E-state index is -0.722. The summed E-state index contributed by atoms with van der Waals surface area (Å²) in [7, 11) is 0. The highest BCUT2D eigenvalue weighted by molar-refractivity contribution is 6.33. The smallest absolute Gasteiger partial charge is 0.254 e. The number of para-hydroxylation sites is 2. The summed E-state index contributed by atoms with van der Waals surface area (Å²) in [5.74, 6) is -0.116. The number of anilines is 2. The van der Waals surface area contributed by atoms with Crippen molar-refractivity contribution < 1.29 is 4.79 Å². The Kier molecular flexibility index (Phi) is 4.29. The highest BCUT2D eigenvalue weighted by Gasteiger charge is 2.30. The first-order valence-electron chi connectivity index (χ1n) is 8.44. The van der Waals surface area contributed by atoms with Crippen LogP contribution in [0.1, 0.15) is 22.1 Å². The topological polar surface area (TPSA) is 20.3 Å². The van der Waals surface area contributed by atoms with Gasteiger partial charge in [0.25, 0.3) is 5.91 Å². The molecular formula is C22H18ClNO. The third-order valence-corrected chi connectivity index (χ3v) is 5.10. The maximum atomic E-state index is 13.4. The van der Waals surface area contributed by atoms with Gasteiger partial charge < -0.3 is 0 Å². The Morgan fingerprint density at radius 3 is 1.80 bits per heavy atom. The standard InChI is InChI=1S/C22H18ClNO/c23-21(18-10-2-1-3-11-18)22(25)24-19-12-6-4-8-16(19)14-15-17-9-5-7-13-20(17)24/h1-13,21H,14-15H2/t21-/m0/s1. The monoisotopic (exact) mass is 347 g/mol. The number of benzene rings is 3. The minimum Gasteiger partial charge on any atom is -0.279 e. The lowest BCUT2D eigenvalue weighted by Crippen LogP contribution is -2.30. The minimum absolute atomic E-state index is 0.116. The maximum absolute atomic E-state index is 13.4. The molecule has 4 rings (SSSR count). The Hall–Kier alpha value is -2.58. The van der Waals surface area contributed by atoms with Gasteiger partial charge in [-0.15, -0.1) is 11.6 Å². The Morgan fingerprint density at radius 1 is 0.760 bits per heavy atom. The van der Waals surface area contributed by atoms with Gasteiger partial charge >= 0.3 is 0 Å². The van der Waals surface area contributed by atoms with Crippen molar-refractivity contribution in [1.29, 1.82) is 0 Å². The van der Waals surface area contributed by atoms with Crippen LogP contribution in [0.2, 0.25) is 0 Å². The Bertz CT molecular complexity index is 859. The van der Waals surface area contributed by atoms with E-state index in [0.717, 1.165) is 29.8 Å². The molecule has 0 saturated heterocycles. The molecule has 0 unspecified atom stereocenters. The first kappa shape index (κ1) is 15.9. The van der Waals surface area contributed by atoms with E-state index >= 15 is 0 Å². The van der Waals surface area contributed by atoms with E-state index in [0.29, 0.717) is 0 Å². The van der Waals surface area contributed by atoms with Crippen LogP contribution in [0, 0.1) is 0 Å². The lowest BCUT2D eigenvalue weighted by atomic mass is 10.0. The van der Waals surface area contributed by atoms with Gasteiger partial charge in [0.2, 0.25) is 0 Å². The Morgan fingerprint density at radius 2 is 1.24 bits per heavy atom. The van der Waals surface area contributed by atoms with E-state index in [1.165, 1.54) is 11.1 Å². The van der Waals surface area contributed by atoms with Crippen molar-refractivity contribution >= 4 is 28.9 Å². The van der Waals surface area contributed by atoms with Crippen LogP contribution in [0.5, 0.6) is 0 Å². The number of halogens is 1. The number of hydrogen-bond acceptors (Lipinski definition) is 1. The molecule has 3 heteroatoms. The predicted molar refractivity (Wildman–Crippen MR) is 102 cm³/mol. The lowest BCUT2D eigenvalue weighted by molar-refractivity contribution is -0.117. The summed E-state index contributed by atoms with van der Waals surface area (Å²) in [6.07, 6.45) is 1.82. The van der Waals surface area contributed by atoms with Crippen LogP contribution >= 0.6 is 11.6 Å². The predicted octanol–water partition coefficient (Wildman–Crippen LogP) is 5.43. The molecule has 0 aliphatic carbocycles. The summed E-state index contributed by atoms with van der Waals surface area (Å²) in [5.41, 5.74) is 5.01. The van der Waals surface area contributed by atoms with Crippen molar-refractivity contribution in [1.82, 2.24) is 0 Å². The molecule has 25 heavy (non-hydrogen) atoms. The summed E-state index contributed by atoms with van der Waals surface area (Å²) in [4.78, 5) is 15.2. The number of amides is 1. The van der Waals surface area contributed by atoms with Gasteiger partial charge in [0.1, 0.15) is 5.38 Å². The molecule has 1 heterocycles. The second-order valence-corrected chi connectivity index (χ2v) is 6.64. The molecule has 0 spiro atoms. The van der Waals surface area contributed by atoms with Gasteiger partial charge in [0.15, 0.2) is 0 Å². The van der Waals surface area contributed by atoms with E-state index in [9.17, 15) is 4.79 Å². The number of hydrogen-bond donors (Lipinski definition) is 0. The molecular weight excluding hydrogens is 330 g/mol. The highest BCUT2D eigenvalue weighted by Crippen LogP contribution is 2.38. The van der Waals surface area contributed by atoms with Crippen LogP contribution in [0.4, 0.5) is 11.4 Å². The quantitative estimate of drug-likeness (QED) is 0.566. The zero-order valence-corrected chi connectivity index (χ0v) is 14.5. The average molecular weight is 348 g/mol. The molecule has 0 fully saturated rings. The fourth-order valence-corrected chi connectivity index (χ4v) is 3.64. The van der Waals surface area contributed by atoms with Gasteiger partial charge in [0, 0.05) is 0 Å². The number of nitrogens with zero attached hydrogens (tertiary/aromatic N) is 1. The van der Waals surface area contributed by atoms with Crippen molar-refractivity contribution in [2.75, 3.05) is 4.90 Å². The molecule has 0 N–H and O–H groups in total. The largest absolute Gasteiger partial charge is 0.279 e. The molecule has 0 radical (unpaired) electrons. The van der Waals surface area contributed by atoms with Gasteiger partial charge in [-0.2, -0.15) is 0 Å². The van der Waals surface area contributed by atoms with Gasteiger partial charge in [0.05, 0.1) is 11.4 Å². The number of fused-ring (bicyclic) bond motifs is 2. The molecule has 0 bridgehead atoms. The summed E-state index contributed by atoms with van der Waals surface area (Å²) in [5, 5.41) is -0.722. The third-order valence-electron chi connectivity index (χ3n) is 4.66. The number of alkyl halides is 1. The normalized spacial score (nSPS) is 14.2. The molecule has 1 aliphatic heterocycles. The molecule has 124 valence electrons. The van der Waals surface area contributed by atoms with Gasteiger partial charge in [-0.05, 0) is 41.7 Å². The molecule has 1 amide bonds. The summed E-state index contributed by atoms with van der Waals surface area (Å²) < 4.78 is 0.